The van der Waals surface area contributed by atoms with Gasteiger partial charge >= 0.3 is 0 Å². The van der Waals surface area contributed by atoms with Crippen molar-refractivity contribution in [1.29, 1.82) is 0 Å². The van der Waals surface area contributed by atoms with Gasteiger partial charge in [-0.3, -0.25) is 0 Å². The minimum atomic E-state index is 0.277. The van der Waals surface area contributed by atoms with E-state index in [1.807, 2.05) is 29.8 Å². The third-order valence-electron chi connectivity index (χ3n) is 4.05. The lowest BCUT2D eigenvalue weighted by Crippen LogP contribution is -2.44. The molecule has 4 rings (SSSR count). The molecule has 1 atom stereocenters. The molecule has 0 bridgehead atoms. The number of fused-ring (bicyclic) bond motifs is 1. The Morgan fingerprint density at radius 2 is 2.09 bits per heavy atom. The van der Waals surface area contributed by atoms with Crippen LogP contribution in [0.4, 0.5) is 5.82 Å². The van der Waals surface area contributed by atoms with E-state index >= 15 is 0 Å². The Morgan fingerprint density at radius 1 is 1.26 bits per heavy atom. The molecule has 0 aliphatic carbocycles. The molecule has 0 saturated carbocycles. The molecule has 3 aromatic rings. The Kier molecular flexibility index (Phi) is 3.42. The topological polar surface area (TPSA) is 68.4 Å². The number of aryl methyl sites for hydroxylation is 1. The number of nitrogens with zero attached hydrogens (tertiary/aromatic N) is 6. The number of hydrogen-bond donors (Lipinski definition) is 0. The van der Waals surface area contributed by atoms with E-state index in [1.54, 1.807) is 12.4 Å². The lowest BCUT2D eigenvalue weighted by Gasteiger charge is -2.34. The normalized spacial score (nSPS) is 18.5. The van der Waals surface area contributed by atoms with Crippen LogP contribution < -0.4 is 4.90 Å². The van der Waals surface area contributed by atoms with Crippen molar-refractivity contribution in [3.05, 3.63) is 36.5 Å². The van der Waals surface area contributed by atoms with Crippen LogP contribution in [0.1, 0.15) is 12.7 Å². The average molecular weight is 310 g/mol. The molecule has 3 aromatic heterocycles. The van der Waals surface area contributed by atoms with Crippen LogP contribution in [0.25, 0.3) is 16.9 Å². The Balaban J connectivity index is 1.85. The van der Waals surface area contributed by atoms with Crippen molar-refractivity contribution in [2.24, 2.45) is 0 Å². The predicted molar refractivity (Wildman–Crippen MR) is 86.4 cm³/mol. The minimum absolute atomic E-state index is 0.277. The standard InChI is InChI=1S/C16H18N6O/c1-11-10-23-7-6-21(11)16-14-4-3-5-22(14)20-15(19-16)13-8-17-12(2)18-9-13/h3-5,8-9,11H,6-7,10H2,1-2H3/t11-/m1/s1. The van der Waals surface area contributed by atoms with Gasteiger partial charge in [0.05, 0.1) is 24.8 Å². The van der Waals surface area contributed by atoms with Crippen molar-refractivity contribution in [2.45, 2.75) is 19.9 Å². The van der Waals surface area contributed by atoms with Gasteiger partial charge < -0.3 is 9.64 Å². The molecule has 1 aliphatic heterocycles. The van der Waals surface area contributed by atoms with Gasteiger partial charge in [-0.2, -0.15) is 0 Å². The SMILES string of the molecule is Cc1ncc(-c2nc(N3CCOC[C@H]3C)c3cccn3n2)cn1. The van der Waals surface area contributed by atoms with Gasteiger partial charge in [0.1, 0.15) is 11.3 Å². The summed E-state index contributed by atoms with van der Waals surface area (Å²) in [6.45, 7) is 6.25. The van der Waals surface area contributed by atoms with Gasteiger partial charge in [-0.25, -0.2) is 19.5 Å². The molecule has 1 aliphatic rings. The first-order valence-corrected chi connectivity index (χ1v) is 7.71. The van der Waals surface area contributed by atoms with Crippen molar-refractivity contribution < 1.29 is 4.74 Å². The number of anilines is 1. The molecular weight excluding hydrogens is 292 g/mol. The number of hydrogen-bond acceptors (Lipinski definition) is 6. The van der Waals surface area contributed by atoms with Crippen LogP contribution in [-0.2, 0) is 4.74 Å². The number of ether oxygens (including phenoxy) is 1. The Labute approximate surface area is 134 Å². The Hall–Kier alpha value is -2.54. The third kappa shape index (κ3) is 2.53. The van der Waals surface area contributed by atoms with Gasteiger partial charge in [-0.1, -0.05) is 0 Å². The third-order valence-corrected chi connectivity index (χ3v) is 4.05. The summed E-state index contributed by atoms with van der Waals surface area (Å²) >= 11 is 0. The molecule has 1 saturated heterocycles. The number of rotatable bonds is 2. The van der Waals surface area contributed by atoms with E-state index in [0.29, 0.717) is 19.0 Å². The highest BCUT2D eigenvalue weighted by Crippen LogP contribution is 2.25. The van der Waals surface area contributed by atoms with Crippen LogP contribution in [0.15, 0.2) is 30.7 Å². The van der Waals surface area contributed by atoms with E-state index in [2.05, 4.69) is 26.9 Å². The average Bonchev–Trinajstić information content (AvgIpc) is 3.04. The van der Waals surface area contributed by atoms with Gasteiger partial charge in [-0.05, 0) is 26.0 Å². The second-order valence-electron chi connectivity index (χ2n) is 5.73. The summed E-state index contributed by atoms with van der Waals surface area (Å²) in [4.78, 5) is 15.6. The quantitative estimate of drug-likeness (QED) is 0.718. The number of morpholine rings is 1. The molecule has 0 N–H and O–H groups in total. The second kappa shape index (κ2) is 5.58. The highest BCUT2D eigenvalue weighted by atomic mass is 16.5. The van der Waals surface area contributed by atoms with E-state index in [-0.39, 0.29) is 6.04 Å². The summed E-state index contributed by atoms with van der Waals surface area (Å²) in [7, 11) is 0. The second-order valence-corrected chi connectivity index (χ2v) is 5.73. The van der Waals surface area contributed by atoms with Crippen LogP contribution in [0.2, 0.25) is 0 Å². The summed E-state index contributed by atoms with van der Waals surface area (Å²) in [5.74, 6) is 2.29. The summed E-state index contributed by atoms with van der Waals surface area (Å²) in [5.41, 5.74) is 1.81. The van der Waals surface area contributed by atoms with E-state index in [1.165, 1.54) is 0 Å². The molecule has 23 heavy (non-hydrogen) atoms. The first-order chi connectivity index (χ1) is 11.2. The molecule has 0 amide bonds. The minimum Gasteiger partial charge on any atom is -0.377 e. The lowest BCUT2D eigenvalue weighted by molar-refractivity contribution is 0.0986. The zero-order chi connectivity index (χ0) is 15.8. The first kappa shape index (κ1) is 14.1. The van der Waals surface area contributed by atoms with E-state index in [9.17, 15) is 0 Å². The Bertz CT molecular complexity index is 828. The maximum Gasteiger partial charge on any atom is 0.185 e. The molecule has 0 unspecified atom stereocenters. The monoisotopic (exact) mass is 310 g/mol. The van der Waals surface area contributed by atoms with Crippen molar-refractivity contribution in [2.75, 3.05) is 24.7 Å². The highest BCUT2D eigenvalue weighted by Gasteiger charge is 2.23. The van der Waals surface area contributed by atoms with E-state index < -0.39 is 0 Å². The molecule has 0 radical (unpaired) electrons. The van der Waals surface area contributed by atoms with Crippen molar-refractivity contribution >= 4 is 11.3 Å². The van der Waals surface area contributed by atoms with Gasteiger partial charge in [0.15, 0.2) is 11.6 Å². The van der Waals surface area contributed by atoms with Gasteiger partial charge in [0.2, 0.25) is 0 Å². The molecular formula is C16H18N6O. The summed E-state index contributed by atoms with van der Waals surface area (Å²) < 4.78 is 7.40. The van der Waals surface area contributed by atoms with Crippen LogP contribution in [-0.4, -0.2) is 50.4 Å². The molecule has 0 spiro atoms. The van der Waals surface area contributed by atoms with Gasteiger partial charge in [0, 0.05) is 25.1 Å². The zero-order valence-corrected chi connectivity index (χ0v) is 13.2. The predicted octanol–water partition coefficient (Wildman–Crippen LogP) is 1.72. The van der Waals surface area contributed by atoms with Crippen LogP contribution >= 0.6 is 0 Å². The molecule has 7 heteroatoms. The van der Waals surface area contributed by atoms with Crippen molar-refractivity contribution in [1.82, 2.24) is 24.6 Å². The Morgan fingerprint density at radius 3 is 2.87 bits per heavy atom. The molecule has 118 valence electrons. The molecule has 7 nitrogen and oxygen atoms in total. The maximum atomic E-state index is 5.54. The van der Waals surface area contributed by atoms with Crippen LogP contribution in [0.3, 0.4) is 0 Å². The fourth-order valence-corrected chi connectivity index (χ4v) is 2.80. The highest BCUT2D eigenvalue weighted by molar-refractivity contribution is 5.71. The smallest absolute Gasteiger partial charge is 0.185 e. The zero-order valence-electron chi connectivity index (χ0n) is 13.2. The summed E-state index contributed by atoms with van der Waals surface area (Å²) in [5, 5.41) is 4.58. The first-order valence-electron chi connectivity index (χ1n) is 7.71. The lowest BCUT2D eigenvalue weighted by atomic mass is 10.2. The summed E-state index contributed by atoms with van der Waals surface area (Å²) in [6, 6.07) is 4.29. The maximum absolute atomic E-state index is 5.54. The fourth-order valence-electron chi connectivity index (χ4n) is 2.80. The number of aromatic nitrogens is 5. The summed E-state index contributed by atoms with van der Waals surface area (Å²) in [6.07, 6.45) is 5.46. The van der Waals surface area contributed by atoms with Crippen molar-refractivity contribution in [3.63, 3.8) is 0 Å². The van der Waals surface area contributed by atoms with Gasteiger partial charge in [0.25, 0.3) is 0 Å². The van der Waals surface area contributed by atoms with Crippen molar-refractivity contribution in [3.8, 4) is 11.4 Å². The largest absolute Gasteiger partial charge is 0.377 e. The molecule has 1 fully saturated rings. The molecule has 4 heterocycles. The van der Waals surface area contributed by atoms with E-state index in [0.717, 1.165) is 29.3 Å². The fraction of sp³-hybridized carbons (Fsp3) is 0.375. The van der Waals surface area contributed by atoms with Crippen LogP contribution in [0.5, 0.6) is 0 Å². The molecule has 0 aromatic carbocycles. The van der Waals surface area contributed by atoms with E-state index in [4.69, 9.17) is 9.72 Å². The van der Waals surface area contributed by atoms with Crippen LogP contribution in [0, 0.1) is 6.92 Å². The van der Waals surface area contributed by atoms with Gasteiger partial charge in [-0.15, -0.1) is 5.10 Å².